The Labute approximate surface area is 230 Å². The Morgan fingerprint density at radius 1 is 0.947 bits per heavy atom. The molecule has 3 fully saturated rings. The molecule has 0 aromatic heterocycles. The van der Waals surface area contributed by atoms with E-state index in [-0.39, 0.29) is 6.09 Å². The number of benzene rings is 2. The summed E-state index contributed by atoms with van der Waals surface area (Å²) in [6.07, 6.45) is 4.57. The number of piperidine rings is 1. The summed E-state index contributed by atoms with van der Waals surface area (Å²) in [5, 5.41) is 0. The van der Waals surface area contributed by atoms with E-state index in [0.29, 0.717) is 23.4 Å². The Bertz CT molecular complexity index is 1080. The van der Waals surface area contributed by atoms with Crippen LogP contribution in [0.3, 0.4) is 0 Å². The van der Waals surface area contributed by atoms with Crippen LogP contribution in [0.25, 0.3) is 0 Å². The van der Waals surface area contributed by atoms with E-state index in [0.717, 1.165) is 52.1 Å². The monoisotopic (exact) mass is 517 g/mol. The second-order valence-electron chi connectivity index (χ2n) is 13.3. The molecule has 2 aromatic rings. The topological polar surface area (TPSA) is 36.0 Å². The van der Waals surface area contributed by atoms with E-state index in [4.69, 9.17) is 4.74 Å². The summed E-state index contributed by atoms with van der Waals surface area (Å²) >= 11 is 0. The molecule has 206 valence electrons. The van der Waals surface area contributed by atoms with Crippen molar-refractivity contribution < 1.29 is 9.53 Å². The van der Waals surface area contributed by atoms with Crippen molar-refractivity contribution in [1.29, 1.82) is 0 Å². The van der Waals surface area contributed by atoms with Crippen LogP contribution >= 0.6 is 0 Å². The average Bonchev–Trinajstić information content (AvgIpc) is 2.87. The van der Waals surface area contributed by atoms with E-state index < -0.39 is 5.60 Å². The zero-order chi connectivity index (χ0) is 26.9. The van der Waals surface area contributed by atoms with Crippen LogP contribution in [0.15, 0.2) is 54.6 Å². The zero-order valence-electron chi connectivity index (χ0n) is 24.2. The molecule has 1 unspecified atom stereocenters. The molecule has 5 rings (SSSR count). The molecule has 5 nitrogen and oxygen atoms in total. The lowest BCUT2D eigenvalue weighted by atomic mass is 9.59. The van der Waals surface area contributed by atoms with Gasteiger partial charge in [0, 0.05) is 51.4 Å². The van der Waals surface area contributed by atoms with E-state index in [9.17, 15) is 4.79 Å². The summed E-state index contributed by atoms with van der Waals surface area (Å²) in [6, 6.07) is 21.1. The molecular weight excluding hydrogens is 470 g/mol. The first-order valence-corrected chi connectivity index (χ1v) is 14.7. The molecule has 1 aliphatic carbocycles. The average molecular weight is 518 g/mol. The van der Waals surface area contributed by atoms with E-state index in [1.165, 1.54) is 29.5 Å². The molecule has 2 heterocycles. The predicted octanol–water partition coefficient (Wildman–Crippen LogP) is 6.85. The molecule has 5 heteroatoms. The second kappa shape index (κ2) is 11.0. The maximum Gasteiger partial charge on any atom is 0.410 e. The molecule has 2 aliphatic heterocycles. The third-order valence-electron chi connectivity index (χ3n) is 9.01. The van der Waals surface area contributed by atoms with Gasteiger partial charge < -0.3 is 9.64 Å². The van der Waals surface area contributed by atoms with Crippen molar-refractivity contribution in [2.45, 2.75) is 90.4 Å². The van der Waals surface area contributed by atoms with Gasteiger partial charge in [-0.1, -0.05) is 68.4 Å². The lowest BCUT2D eigenvalue weighted by Gasteiger charge is -2.58. The van der Waals surface area contributed by atoms with Crippen molar-refractivity contribution >= 4 is 6.09 Å². The molecule has 2 saturated heterocycles. The summed E-state index contributed by atoms with van der Waals surface area (Å²) in [5.41, 5.74) is 4.37. The fraction of sp³-hybridized carbons (Fsp3) is 0.606. The van der Waals surface area contributed by atoms with E-state index in [1.54, 1.807) is 0 Å². The molecule has 1 amide bonds. The highest BCUT2D eigenvalue weighted by Crippen LogP contribution is 2.53. The van der Waals surface area contributed by atoms with Crippen LogP contribution in [0.2, 0.25) is 0 Å². The van der Waals surface area contributed by atoms with E-state index in [2.05, 4.69) is 78.2 Å². The first kappa shape index (κ1) is 27.2. The lowest BCUT2D eigenvalue weighted by Crippen LogP contribution is -2.60. The van der Waals surface area contributed by atoms with Crippen molar-refractivity contribution in [3.63, 3.8) is 0 Å². The van der Waals surface area contributed by atoms with E-state index >= 15 is 0 Å². The predicted molar refractivity (Wildman–Crippen MR) is 154 cm³/mol. The molecular formula is C33H47N3O2. The number of rotatable bonds is 5. The van der Waals surface area contributed by atoms with E-state index in [1.807, 2.05) is 25.7 Å². The van der Waals surface area contributed by atoms with Crippen LogP contribution < -0.4 is 0 Å². The van der Waals surface area contributed by atoms with Crippen molar-refractivity contribution in [3.8, 4) is 0 Å². The van der Waals surface area contributed by atoms with Gasteiger partial charge in [0.05, 0.1) is 0 Å². The molecule has 0 N–H and O–H groups in total. The number of piperazine rings is 1. The highest BCUT2D eigenvalue weighted by atomic mass is 16.6. The van der Waals surface area contributed by atoms with Gasteiger partial charge >= 0.3 is 6.09 Å². The number of amides is 1. The van der Waals surface area contributed by atoms with Gasteiger partial charge in [-0.2, -0.15) is 0 Å². The number of carbonyl (C=O) groups is 1. The fourth-order valence-electron chi connectivity index (χ4n) is 6.97. The first-order chi connectivity index (χ1) is 18.1. The molecule has 1 saturated carbocycles. The standard InChI is InChI=1S/C33H47N3O2/c1-25(2)28-13-9-10-14-29(28)30-24-34(23-26-11-7-6-8-12-26)19-20-36(30)27-21-33(22-27)15-17-35(18-16-33)31(37)38-32(3,4)5/h6-14,25,27,30H,15-24H2,1-5H3. The Kier molecular flexibility index (Phi) is 7.89. The van der Waals surface area contributed by atoms with Crippen LogP contribution in [-0.4, -0.2) is 65.2 Å². The maximum atomic E-state index is 12.6. The smallest absolute Gasteiger partial charge is 0.410 e. The molecule has 2 aromatic carbocycles. The summed E-state index contributed by atoms with van der Waals surface area (Å²) in [6.45, 7) is 16.5. The Morgan fingerprint density at radius 3 is 2.26 bits per heavy atom. The second-order valence-corrected chi connectivity index (χ2v) is 13.3. The summed E-state index contributed by atoms with van der Waals surface area (Å²) in [5.74, 6) is 0.516. The Hall–Kier alpha value is -2.37. The zero-order valence-corrected chi connectivity index (χ0v) is 24.2. The quantitative estimate of drug-likeness (QED) is 0.435. The van der Waals surface area contributed by atoms with Crippen molar-refractivity contribution in [2.75, 3.05) is 32.7 Å². The third kappa shape index (κ3) is 6.10. The van der Waals surface area contributed by atoms with Crippen LogP contribution in [0.4, 0.5) is 4.79 Å². The number of nitrogens with zero attached hydrogens (tertiary/aromatic N) is 3. The van der Waals surface area contributed by atoms with Gasteiger partial charge in [-0.05, 0) is 74.5 Å². The van der Waals surface area contributed by atoms with Gasteiger partial charge in [0.25, 0.3) is 0 Å². The summed E-state index contributed by atoms with van der Waals surface area (Å²) in [4.78, 5) is 20.0. The number of carbonyl (C=O) groups excluding carboxylic acids is 1. The minimum absolute atomic E-state index is 0.150. The van der Waals surface area contributed by atoms with Crippen molar-refractivity contribution in [1.82, 2.24) is 14.7 Å². The maximum absolute atomic E-state index is 12.6. The molecule has 0 radical (unpaired) electrons. The SMILES string of the molecule is CC(C)c1ccccc1C1CN(Cc2ccccc2)CCN1C1CC2(CCN(C(=O)OC(C)(C)C)CC2)C1. The fourth-order valence-corrected chi connectivity index (χ4v) is 6.97. The third-order valence-corrected chi connectivity index (χ3v) is 9.01. The molecule has 1 spiro atoms. The van der Waals surface area contributed by atoms with Crippen LogP contribution in [0.5, 0.6) is 0 Å². The minimum Gasteiger partial charge on any atom is -0.444 e. The largest absolute Gasteiger partial charge is 0.444 e. The van der Waals surface area contributed by atoms with Crippen LogP contribution in [0.1, 0.15) is 89.0 Å². The number of ether oxygens (including phenoxy) is 1. The normalized spacial score (nSPS) is 23.0. The number of hydrogen-bond acceptors (Lipinski definition) is 4. The number of hydrogen-bond donors (Lipinski definition) is 0. The molecule has 1 atom stereocenters. The Morgan fingerprint density at radius 2 is 1.61 bits per heavy atom. The first-order valence-electron chi connectivity index (χ1n) is 14.7. The highest BCUT2D eigenvalue weighted by Gasteiger charge is 2.50. The van der Waals surface area contributed by atoms with Gasteiger partial charge in [-0.3, -0.25) is 9.80 Å². The van der Waals surface area contributed by atoms with Gasteiger partial charge in [0.15, 0.2) is 0 Å². The van der Waals surface area contributed by atoms with Crippen LogP contribution in [-0.2, 0) is 11.3 Å². The lowest BCUT2D eigenvalue weighted by molar-refractivity contribution is -0.0782. The molecule has 3 aliphatic rings. The number of likely N-dealkylation sites (tertiary alicyclic amines) is 1. The minimum atomic E-state index is -0.433. The summed E-state index contributed by atoms with van der Waals surface area (Å²) < 4.78 is 5.63. The molecule has 0 bridgehead atoms. The van der Waals surface area contributed by atoms with Gasteiger partial charge in [-0.15, -0.1) is 0 Å². The van der Waals surface area contributed by atoms with Gasteiger partial charge in [0.2, 0.25) is 0 Å². The van der Waals surface area contributed by atoms with Gasteiger partial charge in [0.1, 0.15) is 5.60 Å². The Balaban J connectivity index is 1.27. The highest BCUT2D eigenvalue weighted by molar-refractivity contribution is 5.68. The summed E-state index contributed by atoms with van der Waals surface area (Å²) in [7, 11) is 0. The van der Waals surface area contributed by atoms with Gasteiger partial charge in [-0.25, -0.2) is 4.79 Å². The van der Waals surface area contributed by atoms with Crippen molar-refractivity contribution in [2.24, 2.45) is 5.41 Å². The van der Waals surface area contributed by atoms with Crippen molar-refractivity contribution in [3.05, 3.63) is 71.3 Å². The van der Waals surface area contributed by atoms with Crippen LogP contribution in [0, 0.1) is 5.41 Å². The molecule has 38 heavy (non-hydrogen) atoms.